The first-order valence-electron chi connectivity index (χ1n) is 6.75. The Kier molecular flexibility index (Phi) is 6.73. The maximum absolute atomic E-state index is 5.29. The first kappa shape index (κ1) is 15.0. The minimum atomic E-state index is 0.722. The summed E-state index contributed by atoms with van der Waals surface area (Å²) in [5.41, 5.74) is 3.56. The van der Waals surface area contributed by atoms with E-state index in [2.05, 4.69) is 49.6 Å². The topological polar surface area (TPSA) is 24.1 Å². The summed E-state index contributed by atoms with van der Waals surface area (Å²) in [4.78, 5) is 0. The van der Waals surface area contributed by atoms with E-state index in [1.807, 2.05) is 0 Å². The minimum absolute atomic E-state index is 0.722. The van der Waals surface area contributed by atoms with Gasteiger partial charge >= 0.3 is 0 Å². The number of unbranched alkanes of at least 4 members (excludes halogenated alkanes) is 3. The maximum atomic E-state index is 5.29. The van der Waals surface area contributed by atoms with Crippen LogP contribution in [0.1, 0.15) is 43.7 Å². The van der Waals surface area contributed by atoms with Crippen LogP contribution in [0.25, 0.3) is 0 Å². The molecule has 0 aromatic heterocycles. The molecular weight excluding hydrogens is 240 g/mol. The Bertz CT molecular complexity index is 388. The summed E-state index contributed by atoms with van der Waals surface area (Å²) >= 11 is 5.29. The number of benzene rings is 1. The zero-order chi connectivity index (χ0) is 13.4. The first-order chi connectivity index (χ1) is 8.63. The molecule has 0 saturated heterocycles. The van der Waals surface area contributed by atoms with Crippen molar-refractivity contribution in [3.63, 3.8) is 0 Å². The highest BCUT2D eigenvalue weighted by atomic mass is 32.1. The summed E-state index contributed by atoms with van der Waals surface area (Å²) in [5.74, 6) is 0. The van der Waals surface area contributed by atoms with E-state index in [0.29, 0.717) is 0 Å². The summed E-state index contributed by atoms with van der Waals surface area (Å²) in [6.07, 6.45) is 5.03. The molecule has 0 amide bonds. The molecule has 1 aromatic carbocycles. The van der Waals surface area contributed by atoms with E-state index < -0.39 is 0 Å². The Hall–Kier alpha value is -1.09. The van der Waals surface area contributed by atoms with E-state index in [9.17, 15) is 0 Å². The van der Waals surface area contributed by atoms with Gasteiger partial charge in [0.1, 0.15) is 0 Å². The molecule has 1 aromatic rings. The van der Waals surface area contributed by atoms with Gasteiger partial charge in [0.05, 0.1) is 0 Å². The fraction of sp³-hybridized carbons (Fsp3) is 0.533. The molecule has 2 nitrogen and oxygen atoms in total. The summed E-state index contributed by atoms with van der Waals surface area (Å²) in [5, 5.41) is 7.24. The van der Waals surface area contributed by atoms with E-state index in [1.165, 1.54) is 36.8 Å². The fourth-order valence-corrected chi connectivity index (χ4v) is 2.00. The fourth-order valence-electron chi connectivity index (χ4n) is 1.79. The summed E-state index contributed by atoms with van der Waals surface area (Å²) in [7, 11) is 0. The van der Waals surface area contributed by atoms with E-state index in [0.717, 1.165) is 17.3 Å². The van der Waals surface area contributed by atoms with Crippen LogP contribution >= 0.6 is 12.2 Å². The van der Waals surface area contributed by atoms with Crippen molar-refractivity contribution in [2.45, 2.75) is 46.5 Å². The third-order valence-electron chi connectivity index (χ3n) is 2.96. The van der Waals surface area contributed by atoms with Crippen molar-refractivity contribution in [3.05, 3.63) is 29.3 Å². The van der Waals surface area contributed by atoms with Crippen LogP contribution in [0.15, 0.2) is 18.2 Å². The van der Waals surface area contributed by atoms with Crippen molar-refractivity contribution in [2.24, 2.45) is 0 Å². The molecule has 1 rings (SSSR count). The van der Waals surface area contributed by atoms with Crippen LogP contribution in [0, 0.1) is 13.8 Å². The highest BCUT2D eigenvalue weighted by Crippen LogP contribution is 2.16. The number of hydrogen-bond acceptors (Lipinski definition) is 1. The monoisotopic (exact) mass is 264 g/mol. The SMILES string of the molecule is CCCCCCNC(=S)Nc1cc(C)ccc1C. The summed E-state index contributed by atoms with van der Waals surface area (Å²) in [6, 6.07) is 6.35. The Morgan fingerprint density at radius 2 is 1.94 bits per heavy atom. The average molecular weight is 264 g/mol. The highest BCUT2D eigenvalue weighted by molar-refractivity contribution is 7.80. The molecule has 0 radical (unpaired) electrons. The van der Waals surface area contributed by atoms with Gasteiger partial charge < -0.3 is 10.6 Å². The third kappa shape index (κ3) is 5.50. The zero-order valence-corrected chi connectivity index (χ0v) is 12.5. The van der Waals surface area contributed by atoms with Crippen LogP contribution in [0.5, 0.6) is 0 Å². The molecule has 0 spiro atoms. The van der Waals surface area contributed by atoms with Crippen molar-refractivity contribution in [1.29, 1.82) is 0 Å². The second-order valence-corrected chi connectivity index (χ2v) is 5.17. The molecule has 0 saturated carbocycles. The van der Waals surface area contributed by atoms with E-state index in [1.54, 1.807) is 0 Å². The largest absolute Gasteiger partial charge is 0.362 e. The molecule has 0 atom stereocenters. The van der Waals surface area contributed by atoms with Gasteiger partial charge in [-0.15, -0.1) is 0 Å². The number of hydrogen-bond donors (Lipinski definition) is 2. The Labute approximate surface area is 116 Å². The van der Waals surface area contributed by atoms with Crippen LogP contribution in [0.2, 0.25) is 0 Å². The minimum Gasteiger partial charge on any atom is -0.362 e. The van der Waals surface area contributed by atoms with Gasteiger partial charge in [-0.3, -0.25) is 0 Å². The van der Waals surface area contributed by atoms with Crippen LogP contribution in [-0.4, -0.2) is 11.7 Å². The van der Waals surface area contributed by atoms with Crippen molar-refractivity contribution in [3.8, 4) is 0 Å². The van der Waals surface area contributed by atoms with Crippen molar-refractivity contribution in [2.75, 3.05) is 11.9 Å². The normalized spacial score (nSPS) is 10.2. The molecule has 0 aliphatic rings. The predicted molar refractivity (Wildman–Crippen MR) is 84.3 cm³/mol. The maximum Gasteiger partial charge on any atom is 0.170 e. The average Bonchev–Trinajstić information content (AvgIpc) is 2.33. The second kappa shape index (κ2) is 8.09. The van der Waals surface area contributed by atoms with Gasteiger partial charge in [0.2, 0.25) is 0 Å². The zero-order valence-electron chi connectivity index (χ0n) is 11.7. The predicted octanol–water partition coefficient (Wildman–Crippen LogP) is 4.17. The van der Waals surface area contributed by atoms with Gasteiger partial charge in [0, 0.05) is 12.2 Å². The van der Waals surface area contributed by atoms with Gasteiger partial charge in [-0.2, -0.15) is 0 Å². The summed E-state index contributed by atoms with van der Waals surface area (Å²) in [6.45, 7) is 7.36. The third-order valence-corrected chi connectivity index (χ3v) is 3.20. The molecule has 0 fully saturated rings. The number of nitrogens with one attached hydrogen (secondary N) is 2. The van der Waals surface area contributed by atoms with E-state index in [4.69, 9.17) is 12.2 Å². The standard InChI is InChI=1S/C15H24N2S/c1-4-5-6-7-10-16-15(18)17-14-11-12(2)8-9-13(14)3/h8-9,11H,4-7,10H2,1-3H3,(H2,16,17,18). The Morgan fingerprint density at radius 3 is 2.67 bits per heavy atom. The molecular formula is C15H24N2S. The molecule has 100 valence electrons. The number of aryl methyl sites for hydroxylation is 2. The Morgan fingerprint density at radius 1 is 1.17 bits per heavy atom. The van der Waals surface area contributed by atoms with E-state index >= 15 is 0 Å². The van der Waals surface area contributed by atoms with Gasteiger partial charge in [0.25, 0.3) is 0 Å². The number of rotatable bonds is 6. The second-order valence-electron chi connectivity index (χ2n) is 4.76. The van der Waals surface area contributed by atoms with Crippen molar-refractivity contribution < 1.29 is 0 Å². The van der Waals surface area contributed by atoms with Gasteiger partial charge in [-0.25, -0.2) is 0 Å². The van der Waals surface area contributed by atoms with Gasteiger partial charge in [-0.1, -0.05) is 38.3 Å². The number of thiocarbonyl (C=S) groups is 1. The van der Waals surface area contributed by atoms with Crippen LogP contribution in [0.3, 0.4) is 0 Å². The molecule has 0 unspecified atom stereocenters. The van der Waals surface area contributed by atoms with Crippen LogP contribution in [-0.2, 0) is 0 Å². The van der Waals surface area contributed by atoms with Gasteiger partial charge in [-0.05, 0) is 49.7 Å². The lowest BCUT2D eigenvalue weighted by atomic mass is 10.1. The molecule has 0 aliphatic carbocycles. The molecule has 3 heteroatoms. The van der Waals surface area contributed by atoms with Crippen LogP contribution in [0.4, 0.5) is 5.69 Å². The van der Waals surface area contributed by atoms with Gasteiger partial charge in [0.15, 0.2) is 5.11 Å². The summed E-state index contributed by atoms with van der Waals surface area (Å²) < 4.78 is 0. The molecule has 18 heavy (non-hydrogen) atoms. The highest BCUT2D eigenvalue weighted by Gasteiger charge is 2.01. The molecule has 0 heterocycles. The molecule has 0 bridgehead atoms. The smallest absolute Gasteiger partial charge is 0.170 e. The number of anilines is 1. The molecule has 2 N–H and O–H groups in total. The lowest BCUT2D eigenvalue weighted by molar-refractivity contribution is 0.655. The lowest BCUT2D eigenvalue weighted by Crippen LogP contribution is -2.29. The first-order valence-corrected chi connectivity index (χ1v) is 7.16. The lowest BCUT2D eigenvalue weighted by Gasteiger charge is -2.13. The molecule has 0 aliphatic heterocycles. The van der Waals surface area contributed by atoms with Crippen LogP contribution < -0.4 is 10.6 Å². The van der Waals surface area contributed by atoms with E-state index in [-0.39, 0.29) is 0 Å². The van der Waals surface area contributed by atoms with Crippen molar-refractivity contribution >= 4 is 23.0 Å². The Balaban J connectivity index is 2.33. The quantitative estimate of drug-likeness (QED) is 0.595. The van der Waals surface area contributed by atoms with Crippen molar-refractivity contribution in [1.82, 2.24) is 5.32 Å².